The lowest BCUT2D eigenvalue weighted by Gasteiger charge is -2.15. The van der Waals surface area contributed by atoms with Crippen LogP contribution in [-0.4, -0.2) is 14.7 Å². The molecular weight excluding hydrogens is 420 g/mol. The summed E-state index contributed by atoms with van der Waals surface area (Å²) in [5, 5.41) is 12.0. The highest BCUT2D eigenvalue weighted by atomic mass is 32.2. The molecule has 0 radical (unpaired) electrons. The summed E-state index contributed by atoms with van der Waals surface area (Å²) in [6.07, 6.45) is 0. The van der Waals surface area contributed by atoms with E-state index in [-0.39, 0.29) is 17.4 Å². The van der Waals surface area contributed by atoms with Crippen LogP contribution in [0, 0.1) is 20.8 Å². The third kappa shape index (κ3) is 3.33. The smallest absolute Gasteiger partial charge is 0.336 e. The highest BCUT2D eigenvalue weighted by Crippen LogP contribution is 2.33. The molecule has 0 aliphatic heterocycles. The van der Waals surface area contributed by atoms with E-state index >= 15 is 0 Å². The first kappa shape index (κ1) is 20.7. The van der Waals surface area contributed by atoms with Crippen LogP contribution in [0.2, 0.25) is 0 Å². The van der Waals surface area contributed by atoms with E-state index in [0.29, 0.717) is 27.4 Å². The van der Waals surface area contributed by atoms with Crippen molar-refractivity contribution in [3.05, 3.63) is 60.5 Å². The number of fused-ring (bicyclic) bond motifs is 2. The maximum Gasteiger partial charge on any atom is 0.336 e. The fourth-order valence-corrected chi connectivity index (χ4v) is 5.71. The average molecular weight is 443 g/mol. The first-order valence-electron chi connectivity index (χ1n) is 9.59. The summed E-state index contributed by atoms with van der Waals surface area (Å²) < 4.78 is 7.05. The zero-order valence-electron chi connectivity index (χ0n) is 17.4. The van der Waals surface area contributed by atoms with Gasteiger partial charge in [-0.15, -0.1) is 11.3 Å². The van der Waals surface area contributed by atoms with E-state index in [2.05, 4.69) is 0 Å². The largest absolute Gasteiger partial charge is 0.508 e. The van der Waals surface area contributed by atoms with Gasteiger partial charge in [0.05, 0.1) is 5.39 Å². The number of nitrogens with zero attached hydrogens (tertiary/aromatic N) is 2. The number of phenolic OH excluding ortho intramolecular Hbond substituents is 1. The van der Waals surface area contributed by atoms with Gasteiger partial charge in [0.25, 0.3) is 5.56 Å². The molecule has 3 heterocycles. The molecule has 0 atom stereocenters. The zero-order valence-corrected chi connectivity index (χ0v) is 19.0. The van der Waals surface area contributed by atoms with Gasteiger partial charge in [-0.2, -0.15) is 0 Å². The number of phenols is 1. The van der Waals surface area contributed by atoms with E-state index < -0.39 is 5.63 Å². The van der Waals surface area contributed by atoms with Gasteiger partial charge >= 0.3 is 5.63 Å². The van der Waals surface area contributed by atoms with E-state index in [9.17, 15) is 14.7 Å². The van der Waals surface area contributed by atoms with Gasteiger partial charge < -0.3 is 9.52 Å². The molecule has 4 aromatic rings. The normalized spacial score (nSPS) is 11.8. The Morgan fingerprint density at radius 3 is 2.63 bits per heavy atom. The molecule has 6 nitrogen and oxygen atoms in total. The molecule has 0 unspecified atom stereocenters. The lowest BCUT2D eigenvalue weighted by molar-refractivity contribution is 0.468. The SMILES string of the molecule is Cc1sc2nc(SCc3cc(=O)oc4c(C)c(O)ccc34)n(C(C)C)c(=O)c2c1C. The summed E-state index contributed by atoms with van der Waals surface area (Å²) in [7, 11) is 0. The fourth-order valence-electron chi connectivity index (χ4n) is 3.52. The van der Waals surface area contributed by atoms with Crippen molar-refractivity contribution < 1.29 is 9.52 Å². The molecule has 156 valence electrons. The van der Waals surface area contributed by atoms with Crippen LogP contribution >= 0.6 is 23.1 Å². The number of aromatic hydroxyl groups is 1. The molecule has 1 N–H and O–H groups in total. The molecule has 3 aromatic heterocycles. The van der Waals surface area contributed by atoms with Crippen molar-refractivity contribution in [2.45, 2.75) is 51.6 Å². The van der Waals surface area contributed by atoms with Crippen molar-refractivity contribution in [2.75, 3.05) is 0 Å². The van der Waals surface area contributed by atoms with Crippen molar-refractivity contribution >= 4 is 44.3 Å². The average Bonchev–Trinajstić information content (AvgIpc) is 2.96. The zero-order chi connectivity index (χ0) is 21.7. The Kier molecular flexibility index (Phi) is 5.23. The van der Waals surface area contributed by atoms with E-state index in [1.165, 1.54) is 29.2 Å². The van der Waals surface area contributed by atoms with Gasteiger partial charge in [-0.25, -0.2) is 9.78 Å². The highest BCUT2D eigenvalue weighted by Gasteiger charge is 2.19. The van der Waals surface area contributed by atoms with E-state index in [1.54, 1.807) is 23.6 Å². The van der Waals surface area contributed by atoms with Gasteiger partial charge in [-0.1, -0.05) is 11.8 Å². The predicted octanol–water partition coefficient (Wildman–Crippen LogP) is 5.07. The fraction of sp³-hybridized carbons (Fsp3) is 0.318. The Bertz CT molecular complexity index is 1410. The van der Waals surface area contributed by atoms with Crippen LogP contribution in [0.1, 0.15) is 41.5 Å². The molecular formula is C22H22N2O4S2. The quantitative estimate of drug-likeness (QED) is 0.270. The second-order valence-corrected chi connectivity index (χ2v) is 9.74. The molecule has 0 spiro atoms. The number of hydrogen-bond acceptors (Lipinski definition) is 7. The van der Waals surface area contributed by atoms with Crippen LogP contribution in [0.5, 0.6) is 5.75 Å². The Morgan fingerprint density at radius 2 is 1.93 bits per heavy atom. The molecule has 8 heteroatoms. The Labute approximate surface area is 181 Å². The molecule has 0 saturated heterocycles. The Balaban J connectivity index is 1.83. The third-order valence-electron chi connectivity index (χ3n) is 5.29. The first-order chi connectivity index (χ1) is 14.2. The second kappa shape index (κ2) is 7.59. The Morgan fingerprint density at radius 1 is 1.20 bits per heavy atom. The second-order valence-electron chi connectivity index (χ2n) is 7.59. The van der Waals surface area contributed by atoms with Crippen molar-refractivity contribution in [1.82, 2.24) is 9.55 Å². The maximum atomic E-state index is 13.2. The van der Waals surface area contributed by atoms with Crippen LogP contribution in [0.4, 0.5) is 0 Å². The number of thiophene rings is 1. The molecule has 30 heavy (non-hydrogen) atoms. The number of rotatable bonds is 4. The van der Waals surface area contributed by atoms with Gasteiger partial charge in [0.2, 0.25) is 0 Å². The van der Waals surface area contributed by atoms with Crippen LogP contribution in [0.3, 0.4) is 0 Å². The van der Waals surface area contributed by atoms with Crippen molar-refractivity contribution in [2.24, 2.45) is 0 Å². The highest BCUT2D eigenvalue weighted by molar-refractivity contribution is 7.98. The summed E-state index contributed by atoms with van der Waals surface area (Å²) in [4.78, 5) is 31.9. The summed E-state index contributed by atoms with van der Waals surface area (Å²) in [6.45, 7) is 9.60. The van der Waals surface area contributed by atoms with Gasteiger partial charge in [0.15, 0.2) is 5.16 Å². The van der Waals surface area contributed by atoms with Crippen molar-refractivity contribution in [1.29, 1.82) is 0 Å². The van der Waals surface area contributed by atoms with E-state index in [4.69, 9.17) is 9.40 Å². The number of aromatic nitrogens is 2. The minimum absolute atomic E-state index is 0.0300. The van der Waals surface area contributed by atoms with Gasteiger partial charge in [-0.05, 0) is 57.9 Å². The molecule has 0 saturated carbocycles. The maximum absolute atomic E-state index is 13.2. The van der Waals surface area contributed by atoms with Crippen molar-refractivity contribution in [3.8, 4) is 5.75 Å². The minimum atomic E-state index is -0.471. The summed E-state index contributed by atoms with van der Waals surface area (Å²) >= 11 is 2.95. The van der Waals surface area contributed by atoms with E-state index in [0.717, 1.165) is 26.2 Å². The number of aryl methyl sites for hydroxylation is 3. The van der Waals surface area contributed by atoms with Gasteiger partial charge in [0, 0.05) is 33.7 Å². The molecule has 1 aromatic carbocycles. The van der Waals surface area contributed by atoms with Crippen LogP contribution < -0.4 is 11.2 Å². The minimum Gasteiger partial charge on any atom is -0.508 e. The lowest BCUT2D eigenvalue weighted by Crippen LogP contribution is -2.25. The predicted molar refractivity (Wildman–Crippen MR) is 122 cm³/mol. The lowest BCUT2D eigenvalue weighted by atomic mass is 10.1. The molecule has 0 aliphatic rings. The van der Waals surface area contributed by atoms with Gasteiger partial charge in [0.1, 0.15) is 16.2 Å². The van der Waals surface area contributed by atoms with Crippen LogP contribution in [-0.2, 0) is 5.75 Å². The number of benzene rings is 1. The summed E-state index contributed by atoms with van der Waals surface area (Å²) in [5.74, 6) is 0.528. The Hall–Kier alpha value is -2.58. The summed E-state index contributed by atoms with van der Waals surface area (Å²) in [6, 6.07) is 4.75. The summed E-state index contributed by atoms with van der Waals surface area (Å²) in [5.41, 5.74) is 2.17. The molecule has 4 rings (SSSR count). The van der Waals surface area contributed by atoms with E-state index in [1.807, 2.05) is 27.7 Å². The standard InChI is InChI=1S/C22H22N2O4S2/c1-10(2)24-21(27)18-11(3)13(5)30-20(18)23-22(24)29-9-14-8-17(26)28-19-12(4)16(25)7-6-15(14)19/h6-8,10,25H,9H2,1-5H3. The third-order valence-corrected chi connectivity index (χ3v) is 7.40. The first-order valence-corrected chi connectivity index (χ1v) is 11.4. The van der Waals surface area contributed by atoms with Crippen LogP contribution in [0.15, 0.2) is 37.4 Å². The molecule has 0 fully saturated rings. The monoisotopic (exact) mass is 442 g/mol. The topological polar surface area (TPSA) is 85.3 Å². The van der Waals surface area contributed by atoms with Gasteiger partial charge in [-0.3, -0.25) is 9.36 Å². The molecule has 0 amide bonds. The molecule has 0 aliphatic carbocycles. The van der Waals surface area contributed by atoms with Crippen molar-refractivity contribution in [3.63, 3.8) is 0 Å². The molecule has 0 bridgehead atoms. The number of thioether (sulfide) groups is 1. The number of hydrogen-bond donors (Lipinski definition) is 1. The van der Waals surface area contributed by atoms with Crippen LogP contribution in [0.25, 0.3) is 21.2 Å².